The van der Waals surface area contributed by atoms with Crippen molar-refractivity contribution in [2.75, 3.05) is 32.7 Å². The number of nitrogens with zero attached hydrogens (tertiary/aromatic N) is 3. The van der Waals surface area contributed by atoms with Crippen LogP contribution in [0.2, 0.25) is 5.02 Å². The van der Waals surface area contributed by atoms with Crippen LogP contribution in [-0.2, 0) is 4.79 Å². The zero-order valence-corrected chi connectivity index (χ0v) is 16.3. The van der Waals surface area contributed by atoms with Gasteiger partial charge in [-0.15, -0.1) is 0 Å². The van der Waals surface area contributed by atoms with Crippen LogP contribution in [0.4, 0.5) is 4.79 Å². The first-order valence-electron chi connectivity index (χ1n) is 9.33. The molecule has 1 fully saturated rings. The summed E-state index contributed by atoms with van der Waals surface area (Å²) in [4.78, 5) is 24.7. The van der Waals surface area contributed by atoms with E-state index in [1.165, 1.54) is 5.56 Å². The summed E-state index contributed by atoms with van der Waals surface area (Å²) < 4.78 is 0. The molecule has 0 radical (unpaired) electrons. The van der Waals surface area contributed by atoms with E-state index in [2.05, 4.69) is 17.0 Å². The van der Waals surface area contributed by atoms with Gasteiger partial charge in [0.25, 0.3) is 0 Å². The molecule has 7 heteroatoms. The zero-order valence-electron chi connectivity index (χ0n) is 15.6. The Bertz CT molecular complexity index is 785. The summed E-state index contributed by atoms with van der Waals surface area (Å²) in [7, 11) is 0. The van der Waals surface area contributed by atoms with Crippen molar-refractivity contribution >= 4 is 24.0 Å². The predicted molar refractivity (Wildman–Crippen MR) is 108 cm³/mol. The summed E-state index contributed by atoms with van der Waals surface area (Å²) in [6.45, 7) is 2.50. The fraction of sp³-hybridized carbons (Fsp3) is 0.333. The van der Waals surface area contributed by atoms with E-state index in [9.17, 15) is 14.7 Å². The summed E-state index contributed by atoms with van der Waals surface area (Å²) in [5.41, 5.74) is 2.33. The van der Waals surface area contributed by atoms with Gasteiger partial charge < -0.3 is 9.90 Å². The van der Waals surface area contributed by atoms with Crippen molar-refractivity contribution in [1.29, 1.82) is 0 Å². The maximum absolute atomic E-state index is 11.5. The number of amides is 1. The highest BCUT2D eigenvalue weighted by atomic mass is 35.5. The molecule has 0 saturated carbocycles. The molecule has 0 aromatic heterocycles. The molecule has 1 aliphatic rings. The van der Waals surface area contributed by atoms with Gasteiger partial charge in [-0.3, -0.25) is 4.90 Å². The van der Waals surface area contributed by atoms with Gasteiger partial charge in [0.15, 0.2) is 0 Å². The smallest absolute Gasteiger partial charge is 0.422 e. The molecular formula is C21H24ClN3O3. The fourth-order valence-corrected chi connectivity index (χ4v) is 3.83. The molecule has 148 valence electrons. The average molecular weight is 402 g/mol. The number of halogens is 1. The largest absolute Gasteiger partial charge is 0.464 e. The van der Waals surface area contributed by atoms with E-state index in [0.717, 1.165) is 23.5 Å². The minimum absolute atomic E-state index is 0.0581. The lowest BCUT2D eigenvalue weighted by atomic mass is 9.97. The highest BCUT2D eigenvalue weighted by Crippen LogP contribution is 2.30. The first-order valence-corrected chi connectivity index (χ1v) is 9.71. The first kappa shape index (κ1) is 20.3. The molecule has 1 saturated heterocycles. The van der Waals surface area contributed by atoms with E-state index in [1.807, 2.05) is 42.5 Å². The Balaban J connectivity index is 1.84. The van der Waals surface area contributed by atoms with E-state index in [-0.39, 0.29) is 12.6 Å². The third-order valence-corrected chi connectivity index (χ3v) is 5.23. The van der Waals surface area contributed by atoms with Crippen LogP contribution in [0.5, 0.6) is 0 Å². The Morgan fingerprint density at radius 1 is 1.04 bits per heavy atom. The van der Waals surface area contributed by atoms with Crippen LogP contribution in [0.25, 0.3) is 0 Å². The van der Waals surface area contributed by atoms with Gasteiger partial charge in [0.05, 0.1) is 12.6 Å². The number of rotatable bonds is 6. The Kier molecular flexibility index (Phi) is 7.03. The van der Waals surface area contributed by atoms with E-state index < -0.39 is 6.09 Å². The molecular weight excluding hydrogens is 378 g/mol. The Hall–Kier alpha value is -2.41. The van der Waals surface area contributed by atoms with E-state index in [4.69, 9.17) is 11.6 Å². The number of aldehydes is 1. The number of carbonyl (C=O) groups excluding carboxylic acids is 1. The van der Waals surface area contributed by atoms with Crippen LogP contribution in [-0.4, -0.2) is 65.1 Å². The van der Waals surface area contributed by atoms with Gasteiger partial charge in [-0.05, 0) is 29.7 Å². The van der Waals surface area contributed by atoms with Gasteiger partial charge in [0.2, 0.25) is 0 Å². The zero-order chi connectivity index (χ0) is 19.9. The maximum Gasteiger partial charge on any atom is 0.422 e. The number of carboxylic acid groups (broad SMARTS) is 1. The van der Waals surface area contributed by atoms with Crippen LogP contribution in [0.1, 0.15) is 23.6 Å². The van der Waals surface area contributed by atoms with Crippen LogP contribution in [0, 0.1) is 0 Å². The SMILES string of the molecule is O=CCN(C(=O)O)N1CCCN(C(c2ccccc2)c2ccc(Cl)cc2)CC1. The van der Waals surface area contributed by atoms with Crippen LogP contribution in [0.15, 0.2) is 54.6 Å². The van der Waals surface area contributed by atoms with Gasteiger partial charge in [-0.2, -0.15) is 0 Å². The molecule has 6 nitrogen and oxygen atoms in total. The van der Waals surface area contributed by atoms with E-state index in [0.29, 0.717) is 30.9 Å². The standard InChI is InChI=1S/C21H24ClN3O3/c22-19-9-7-18(8-10-19)20(17-5-2-1-3-6-17)23-11-4-12-24(14-13-23)25(15-16-26)21(27)28/h1-3,5-10,16,20H,4,11-15H2,(H,27,28). The lowest BCUT2D eigenvalue weighted by Crippen LogP contribution is -2.48. The van der Waals surface area contributed by atoms with Crippen LogP contribution < -0.4 is 0 Å². The second-order valence-corrected chi connectivity index (χ2v) is 7.18. The topological polar surface area (TPSA) is 64.1 Å². The van der Waals surface area contributed by atoms with Gasteiger partial charge in [-0.25, -0.2) is 14.8 Å². The number of carbonyl (C=O) groups is 2. The molecule has 1 amide bonds. The molecule has 0 spiro atoms. The third-order valence-electron chi connectivity index (χ3n) is 4.98. The quantitative estimate of drug-likeness (QED) is 0.750. The monoisotopic (exact) mass is 401 g/mol. The summed E-state index contributed by atoms with van der Waals surface area (Å²) in [5.74, 6) is 0. The van der Waals surface area contributed by atoms with Crippen molar-refractivity contribution in [2.45, 2.75) is 12.5 Å². The highest BCUT2D eigenvalue weighted by Gasteiger charge is 2.28. The molecule has 1 N–H and O–H groups in total. The summed E-state index contributed by atoms with van der Waals surface area (Å²) in [6, 6.07) is 18.2. The molecule has 1 unspecified atom stereocenters. The second kappa shape index (κ2) is 9.68. The van der Waals surface area contributed by atoms with Crippen LogP contribution in [0.3, 0.4) is 0 Å². The number of hydrazine groups is 1. The first-order chi connectivity index (χ1) is 13.6. The highest BCUT2D eigenvalue weighted by molar-refractivity contribution is 6.30. The van der Waals surface area contributed by atoms with Crippen molar-refractivity contribution in [2.24, 2.45) is 0 Å². The summed E-state index contributed by atoms with van der Waals surface area (Å²) >= 11 is 6.08. The summed E-state index contributed by atoms with van der Waals surface area (Å²) in [6.07, 6.45) is 0.328. The average Bonchev–Trinajstić information content (AvgIpc) is 2.94. The van der Waals surface area contributed by atoms with Crippen molar-refractivity contribution in [3.05, 3.63) is 70.7 Å². The van der Waals surface area contributed by atoms with Gasteiger partial charge in [-0.1, -0.05) is 54.1 Å². The maximum atomic E-state index is 11.5. The Morgan fingerprint density at radius 2 is 1.71 bits per heavy atom. The van der Waals surface area contributed by atoms with Gasteiger partial charge in [0.1, 0.15) is 6.29 Å². The lowest BCUT2D eigenvalue weighted by Gasteiger charge is -2.33. The third kappa shape index (κ3) is 4.90. The fourth-order valence-electron chi connectivity index (χ4n) is 3.70. The Morgan fingerprint density at radius 3 is 2.36 bits per heavy atom. The van der Waals surface area contributed by atoms with Gasteiger partial charge >= 0.3 is 6.09 Å². The summed E-state index contributed by atoms with van der Waals surface area (Å²) in [5, 5.41) is 13.0. The van der Waals surface area contributed by atoms with E-state index in [1.54, 1.807) is 5.01 Å². The second-order valence-electron chi connectivity index (χ2n) is 6.74. The number of hydrogen-bond donors (Lipinski definition) is 1. The predicted octanol–water partition coefficient (Wildman–Crippen LogP) is 3.53. The molecule has 1 heterocycles. The molecule has 28 heavy (non-hydrogen) atoms. The Labute approximate surface area is 169 Å². The minimum Gasteiger partial charge on any atom is -0.464 e. The molecule has 2 aromatic rings. The minimum atomic E-state index is -1.10. The molecule has 0 bridgehead atoms. The molecule has 1 atom stereocenters. The van der Waals surface area contributed by atoms with Crippen molar-refractivity contribution in [3.63, 3.8) is 0 Å². The van der Waals surface area contributed by atoms with Gasteiger partial charge in [0, 0.05) is 31.2 Å². The molecule has 2 aromatic carbocycles. The number of hydrogen-bond acceptors (Lipinski definition) is 4. The molecule has 1 aliphatic heterocycles. The van der Waals surface area contributed by atoms with Crippen molar-refractivity contribution in [1.82, 2.24) is 14.9 Å². The van der Waals surface area contributed by atoms with Crippen molar-refractivity contribution in [3.8, 4) is 0 Å². The number of benzene rings is 2. The lowest BCUT2D eigenvalue weighted by molar-refractivity contribution is -0.112. The van der Waals surface area contributed by atoms with Crippen LogP contribution >= 0.6 is 11.6 Å². The molecule has 3 rings (SSSR count). The molecule has 0 aliphatic carbocycles. The van der Waals surface area contributed by atoms with Crippen molar-refractivity contribution < 1.29 is 14.7 Å². The van der Waals surface area contributed by atoms with E-state index >= 15 is 0 Å². The normalized spacial score (nSPS) is 16.9.